The summed E-state index contributed by atoms with van der Waals surface area (Å²) >= 11 is 0. The second-order valence-electron chi connectivity index (χ2n) is 1.84. The van der Waals surface area contributed by atoms with Crippen molar-refractivity contribution in [1.29, 1.82) is 0 Å². The minimum atomic E-state index is -0.194. The molecule has 0 fully saturated rings. The van der Waals surface area contributed by atoms with Crippen molar-refractivity contribution in [3.8, 4) is 0 Å². The number of hydrogen-bond donors (Lipinski definition) is 0. The predicted octanol–water partition coefficient (Wildman–Crippen LogP) is 1.73. The van der Waals surface area contributed by atoms with Crippen molar-refractivity contribution >= 4 is 5.71 Å². The van der Waals surface area contributed by atoms with Crippen molar-refractivity contribution in [2.24, 2.45) is 4.99 Å². The van der Waals surface area contributed by atoms with Crippen LogP contribution in [0, 0.1) is 6.57 Å². The van der Waals surface area contributed by atoms with Gasteiger partial charge in [0.2, 0.25) is 0 Å². The second-order valence-corrected chi connectivity index (χ2v) is 1.84. The monoisotopic (exact) mass is 110 g/mol. The van der Waals surface area contributed by atoms with Gasteiger partial charge in [-0.15, -0.1) is 0 Å². The molecule has 0 amide bonds. The van der Waals surface area contributed by atoms with Gasteiger partial charge < -0.3 is 0 Å². The van der Waals surface area contributed by atoms with Crippen LogP contribution in [0.15, 0.2) is 4.99 Å². The zero-order chi connectivity index (χ0) is 6.57. The summed E-state index contributed by atoms with van der Waals surface area (Å²) in [6.45, 7) is 12.1. The largest absolute Gasteiger partial charge is 0.312 e. The summed E-state index contributed by atoms with van der Waals surface area (Å²) in [5.41, 5.74) is 0.966. The quantitative estimate of drug-likeness (QED) is 0.361. The third-order valence-corrected chi connectivity index (χ3v) is 0.632. The fraction of sp³-hybridized carbons (Fsp3) is 0.667. The van der Waals surface area contributed by atoms with E-state index in [1.54, 1.807) is 6.92 Å². The molecule has 0 saturated carbocycles. The molecule has 0 aliphatic carbocycles. The summed E-state index contributed by atoms with van der Waals surface area (Å²) < 4.78 is 0. The molecule has 0 rings (SSSR count). The Morgan fingerprint density at radius 2 is 2.12 bits per heavy atom. The third kappa shape index (κ3) is 3.35. The van der Waals surface area contributed by atoms with Crippen LogP contribution in [0.1, 0.15) is 20.8 Å². The maximum Gasteiger partial charge on any atom is 0.312 e. The van der Waals surface area contributed by atoms with Crippen LogP contribution in [0.2, 0.25) is 0 Å². The summed E-state index contributed by atoms with van der Waals surface area (Å²) in [7, 11) is 0. The van der Waals surface area contributed by atoms with Crippen molar-refractivity contribution < 1.29 is 0 Å². The molecule has 0 spiro atoms. The highest BCUT2D eigenvalue weighted by Crippen LogP contribution is 1.90. The minimum absolute atomic E-state index is 0.194. The van der Waals surface area contributed by atoms with E-state index in [2.05, 4.69) is 9.84 Å². The van der Waals surface area contributed by atoms with Gasteiger partial charge in [-0.2, -0.15) is 0 Å². The molecule has 0 heterocycles. The van der Waals surface area contributed by atoms with Gasteiger partial charge in [-0.3, -0.25) is 4.85 Å². The molecular weight excluding hydrogens is 100 g/mol. The number of nitrogens with zero attached hydrogens (tertiary/aromatic N) is 2. The van der Waals surface area contributed by atoms with Crippen LogP contribution in [0.5, 0.6) is 0 Å². The molecule has 0 saturated heterocycles. The van der Waals surface area contributed by atoms with Gasteiger partial charge in [0.15, 0.2) is 0 Å². The molecule has 2 heteroatoms. The fourth-order valence-corrected chi connectivity index (χ4v) is 0.403. The van der Waals surface area contributed by atoms with E-state index in [0.717, 1.165) is 5.71 Å². The van der Waals surface area contributed by atoms with Gasteiger partial charge in [-0.25, -0.2) is 11.6 Å². The van der Waals surface area contributed by atoms with Gasteiger partial charge >= 0.3 is 6.17 Å². The lowest BCUT2D eigenvalue weighted by Crippen LogP contribution is -1.92. The molecule has 0 aliphatic heterocycles. The molecule has 0 aromatic carbocycles. The third-order valence-electron chi connectivity index (χ3n) is 0.632. The van der Waals surface area contributed by atoms with Gasteiger partial charge in [-0.05, 0) is 13.8 Å². The topological polar surface area (TPSA) is 16.7 Å². The zero-order valence-electron chi connectivity index (χ0n) is 5.47. The standard InChI is InChI=1S/C6H10N2/c1-5(2)8-6(3)7-4/h6H,1-3H3. The lowest BCUT2D eigenvalue weighted by molar-refractivity contribution is 0.918. The van der Waals surface area contributed by atoms with Gasteiger partial charge in [0.05, 0.1) is 0 Å². The van der Waals surface area contributed by atoms with E-state index in [-0.39, 0.29) is 6.17 Å². The van der Waals surface area contributed by atoms with Crippen LogP contribution in [-0.4, -0.2) is 11.9 Å². The number of hydrogen-bond acceptors (Lipinski definition) is 1. The van der Waals surface area contributed by atoms with Gasteiger partial charge in [0, 0.05) is 12.6 Å². The first-order chi connectivity index (χ1) is 3.66. The van der Waals surface area contributed by atoms with E-state index in [1.165, 1.54) is 0 Å². The normalized spacial score (nSPS) is 11.8. The molecule has 0 N–H and O–H groups in total. The van der Waals surface area contributed by atoms with Crippen molar-refractivity contribution in [2.45, 2.75) is 26.9 Å². The maximum absolute atomic E-state index is 6.52. The summed E-state index contributed by atoms with van der Waals surface area (Å²) in [6.07, 6.45) is -0.194. The van der Waals surface area contributed by atoms with Crippen LogP contribution in [-0.2, 0) is 0 Å². The Morgan fingerprint density at radius 3 is 2.25 bits per heavy atom. The lowest BCUT2D eigenvalue weighted by Gasteiger charge is -1.88. The molecular formula is C6H10N2. The Hall–Kier alpha value is -0.840. The Kier molecular flexibility index (Phi) is 2.86. The minimum Gasteiger partial charge on any atom is -0.288 e. The van der Waals surface area contributed by atoms with Gasteiger partial charge in [-0.1, -0.05) is 0 Å². The first kappa shape index (κ1) is 7.16. The molecule has 1 atom stereocenters. The molecule has 2 nitrogen and oxygen atoms in total. The van der Waals surface area contributed by atoms with Crippen LogP contribution >= 0.6 is 0 Å². The van der Waals surface area contributed by atoms with Gasteiger partial charge in [0.25, 0.3) is 0 Å². The Morgan fingerprint density at radius 1 is 1.62 bits per heavy atom. The second kappa shape index (κ2) is 3.20. The SMILES string of the molecule is [C-]#[N+]C(C)N=C(C)C. The highest BCUT2D eigenvalue weighted by atomic mass is 15.0. The predicted molar refractivity (Wildman–Crippen MR) is 34.8 cm³/mol. The Balaban J connectivity index is 3.74. The van der Waals surface area contributed by atoms with Crippen molar-refractivity contribution in [3.63, 3.8) is 0 Å². The van der Waals surface area contributed by atoms with Crippen molar-refractivity contribution in [1.82, 2.24) is 0 Å². The average molecular weight is 110 g/mol. The average Bonchev–Trinajstić information content (AvgIpc) is 1.65. The molecule has 44 valence electrons. The Labute approximate surface area is 50.1 Å². The molecule has 0 aromatic rings. The number of rotatable bonds is 1. The maximum atomic E-state index is 6.52. The molecule has 0 aliphatic rings. The molecule has 8 heavy (non-hydrogen) atoms. The number of aliphatic imine (C=N–C) groups is 1. The molecule has 1 unspecified atom stereocenters. The first-order valence-corrected chi connectivity index (χ1v) is 2.54. The molecule has 0 radical (unpaired) electrons. The van der Waals surface area contributed by atoms with E-state index < -0.39 is 0 Å². The summed E-state index contributed by atoms with van der Waals surface area (Å²) in [5, 5.41) is 0. The first-order valence-electron chi connectivity index (χ1n) is 2.54. The Bertz CT molecular complexity index is 126. The van der Waals surface area contributed by atoms with Crippen molar-refractivity contribution in [3.05, 3.63) is 11.4 Å². The smallest absolute Gasteiger partial charge is 0.288 e. The van der Waals surface area contributed by atoms with Crippen LogP contribution in [0.4, 0.5) is 0 Å². The van der Waals surface area contributed by atoms with E-state index in [1.807, 2.05) is 13.8 Å². The van der Waals surface area contributed by atoms with Crippen LogP contribution < -0.4 is 0 Å². The summed E-state index contributed by atoms with van der Waals surface area (Å²) in [4.78, 5) is 7.15. The summed E-state index contributed by atoms with van der Waals surface area (Å²) in [5.74, 6) is 0. The molecule has 0 aromatic heterocycles. The van der Waals surface area contributed by atoms with Crippen LogP contribution in [0.3, 0.4) is 0 Å². The van der Waals surface area contributed by atoms with Gasteiger partial charge in [0.1, 0.15) is 0 Å². The molecule has 0 bridgehead atoms. The fourth-order valence-electron chi connectivity index (χ4n) is 0.403. The van der Waals surface area contributed by atoms with E-state index in [9.17, 15) is 0 Å². The van der Waals surface area contributed by atoms with Crippen molar-refractivity contribution in [2.75, 3.05) is 0 Å². The van der Waals surface area contributed by atoms with E-state index in [4.69, 9.17) is 6.57 Å². The van der Waals surface area contributed by atoms with Crippen LogP contribution in [0.25, 0.3) is 4.85 Å². The zero-order valence-corrected chi connectivity index (χ0v) is 5.47. The summed E-state index contributed by atoms with van der Waals surface area (Å²) in [6, 6.07) is 0. The highest BCUT2D eigenvalue weighted by molar-refractivity contribution is 5.79. The van der Waals surface area contributed by atoms with E-state index in [0.29, 0.717) is 0 Å². The van der Waals surface area contributed by atoms with E-state index >= 15 is 0 Å². The lowest BCUT2D eigenvalue weighted by atomic mass is 10.5. The highest BCUT2D eigenvalue weighted by Gasteiger charge is 1.94.